The third-order valence-corrected chi connectivity index (χ3v) is 2.80. The first-order valence-electron chi connectivity index (χ1n) is 6.23. The van der Waals surface area contributed by atoms with Gasteiger partial charge in [-0.2, -0.15) is 0 Å². The van der Waals surface area contributed by atoms with Gasteiger partial charge in [0.15, 0.2) is 12.1 Å². The van der Waals surface area contributed by atoms with Gasteiger partial charge in [0.25, 0.3) is 0 Å². The highest BCUT2D eigenvalue weighted by atomic mass is 16.7. The quantitative estimate of drug-likeness (QED) is 0.574. The molecule has 4 heteroatoms. The molecular weight excluding hydrogens is 232 g/mol. The maximum Gasteiger partial charge on any atom is 0.159 e. The Balaban J connectivity index is 1.68. The van der Waals surface area contributed by atoms with E-state index in [4.69, 9.17) is 14.2 Å². The number of hydrogen-bond donors (Lipinski definition) is 0. The van der Waals surface area contributed by atoms with Crippen molar-refractivity contribution in [3.05, 3.63) is 29.8 Å². The molecule has 1 aromatic rings. The summed E-state index contributed by atoms with van der Waals surface area (Å²) in [5, 5.41) is 0. The van der Waals surface area contributed by atoms with Crippen molar-refractivity contribution in [3.63, 3.8) is 0 Å². The van der Waals surface area contributed by atoms with Gasteiger partial charge in [-0.25, -0.2) is 0 Å². The van der Waals surface area contributed by atoms with Crippen LogP contribution in [0.25, 0.3) is 0 Å². The van der Waals surface area contributed by atoms with Crippen LogP contribution in [0, 0.1) is 0 Å². The summed E-state index contributed by atoms with van der Waals surface area (Å²) in [6.45, 7) is 3.57. The van der Waals surface area contributed by atoms with Crippen LogP contribution in [-0.2, 0) is 9.47 Å². The van der Waals surface area contributed by atoms with Gasteiger partial charge in [0, 0.05) is 12.0 Å². The van der Waals surface area contributed by atoms with E-state index in [-0.39, 0.29) is 12.1 Å². The highest BCUT2D eigenvalue weighted by Crippen LogP contribution is 2.14. The van der Waals surface area contributed by atoms with E-state index in [0.717, 1.165) is 18.6 Å². The Morgan fingerprint density at radius 3 is 2.56 bits per heavy atom. The molecule has 1 aromatic carbocycles. The average Bonchev–Trinajstić information content (AvgIpc) is 2.88. The van der Waals surface area contributed by atoms with Crippen LogP contribution in [0.4, 0.5) is 0 Å². The molecule has 98 valence electrons. The van der Waals surface area contributed by atoms with Crippen molar-refractivity contribution in [2.24, 2.45) is 0 Å². The number of carbonyl (C=O) groups excluding carboxylic acids is 1. The van der Waals surface area contributed by atoms with Crippen LogP contribution < -0.4 is 4.74 Å². The van der Waals surface area contributed by atoms with Crippen LogP contribution in [0.1, 0.15) is 30.1 Å². The summed E-state index contributed by atoms with van der Waals surface area (Å²) < 4.78 is 16.2. The predicted molar refractivity (Wildman–Crippen MR) is 66.9 cm³/mol. The van der Waals surface area contributed by atoms with Gasteiger partial charge in [0.2, 0.25) is 0 Å². The van der Waals surface area contributed by atoms with E-state index in [1.165, 1.54) is 0 Å². The molecule has 0 aliphatic carbocycles. The number of carbonyl (C=O) groups is 1. The Hall–Kier alpha value is -1.39. The molecule has 0 bridgehead atoms. The van der Waals surface area contributed by atoms with Gasteiger partial charge in [0.1, 0.15) is 5.75 Å². The van der Waals surface area contributed by atoms with Crippen molar-refractivity contribution in [2.45, 2.75) is 26.1 Å². The molecule has 18 heavy (non-hydrogen) atoms. The second kappa shape index (κ2) is 6.52. The molecule has 4 nitrogen and oxygen atoms in total. The van der Waals surface area contributed by atoms with E-state index < -0.39 is 0 Å². The van der Waals surface area contributed by atoms with Crippen LogP contribution in [0.3, 0.4) is 0 Å². The fourth-order valence-electron chi connectivity index (χ4n) is 1.80. The minimum Gasteiger partial charge on any atom is -0.494 e. The highest BCUT2D eigenvalue weighted by Gasteiger charge is 2.14. The van der Waals surface area contributed by atoms with Gasteiger partial charge in [-0.05, 0) is 37.6 Å². The molecule has 1 heterocycles. The largest absolute Gasteiger partial charge is 0.494 e. The fraction of sp³-hybridized carbons (Fsp3) is 0.500. The van der Waals surface area contributed by atoms with Crippen LogP contribution in [0.5, 0.6) is 5.75 Å². The van der Waals surface area contributed by atoms with Crippen molar-refractivity contribution < 1.29 is 19.0 Å². The van der Waals surface area contributed by atoms with Crippen molar-refractivity contribution >= 4 is 5.78 Å². The Kier molecular flexibility index (Phi) is 4.73. The number of benzene rings is 1. The van der Waals surface area contributed by atoms with E-state index in [1.807, 2.05) is 12.1 Å². The normalized spacial score (nSPS) is 15.8. The smallest absolute Gasteiger partial charge is 0.159 e. The standard InChI is InChI=1S/C14H18O4/c1-11(15)12-4-6-13(7-5-12)16-8-2-3-14-17-9-10-18-14/h4-7,14H,2-3,8-10H2,1H3. The lowest BCUT2D eigenvalue weighted by Crippen LogP contribution is -2.09. The molecule has 0 unspecified atom stereocenters. The van der Waals surface area contributed by atoms with Crippen molar-refractivity contribution in [1.29, 1.82) is 0 Å². The monoisotopic (exact) mass is 250 g/mol. The first-order valence-corrected chi connectivity index (χ1v) is 6.23. The Morgan fingerprint density at radius 2 is 1.94 bits per heavy atom. The first kappa shape index (κ1) is 13.1. The maximum atomic E-state index is 11.1. The van der Waals surface area contributed by atoms with Crippen molar-refractivity contribution in [2.75, 3.05) is 19.8 Å². The molecule has 0 atom stereocenters. The summed E-state index contributed by atoms with van der Waals surface area (Å²) in [5.41, 5.74) is 0.704. The van der Waals surface area contributed by atoms with E-state index in [2.05, 4.69) is 0 Å². The Bertz CT molecular complexity index is 379. The molecule has 2 rings (SSSR count). The second-order valence-electron chi connectivity index (χ2n) is 4.24. The van der Waals surface area contributed by atoms with Crippen LogP contribution in [0.2, 0.25) is 0 Å². The molecule has 0 saturated carbocycles. The molecule has 1 aliphatic rings. The zero-order valence-electron chi connectivity index (χ0n) is 10.6. The lowest BCUT2D eigenvalue weighted by atomic mass is 10.1. The minimum absolute atomic E-state index is 0.0614. The molecule has 0 amide bonds. The number of Topliss-reactive ketones (excluding diaryl/α,β-unsaturated/α-hetero) is 1. The summed E-state index contributed by atoms with van der Waals surface area (Å²) in [4.78, 5) is 11.1. The molecule has 1 saturated heterocycles. The Morgan fingerprint density at radius 1 is 1.28 bits per heavy atom. The summed E-state index contributed by atoms with van der Waals surface area (Å²) in [6.07, 6.45) is 1.68. The second-order valence-corrected chi connectivity index (χ2v) is 4.24. The molecular formula is C14H18O4. The maximum absolute atomic E-state index is 11.1. The lowest BCUT2D eigenvalue weighted by Gasteiger charge is -2.09. The predicted octanol–water partition coefficient (Wildman–Crippen LogP) is 2.42. The minimum atomic E-state index is -0.0614. The molecule has 0 aromatic heterocycles. The number of hydrogen-bond acceptors (Lipinski definition) is 4. The third kappa shape index (κ3) is 3.82. The number of ether oxygens (including phenoxy) is 3. The van der Waals surface area contributed by atoms with E-state index in [9.17, 15) is 4.79 Å². The van der Waals surface area contributed by atoms with Gasteiger partial charge in [-0.15, -0.1) is 0 Å². The van der Waals surface area contributed by atoms with E-state index >= 15 is 0 Å². The summed E-state index contributed by atoms with van der Waals surface area (Å²) in [5.74, 6) is 0.852. The summed E-state index contributed by atoms with van der Waals surface area (Å²) >= 11 is 0. The zero-order chi connectivity index (χ0) is 12.8. The van der Waals surface area contributed by atoms with Gasteiger partial charge < -0.3 is 14.2 Å². The summed E-state index contributed by atoms with van der Waals surface area (Å²) in [6, 6.07) is 7.19. The molecule has 0 radical (unpaired) electrons. The number of rotatable bonds is 6. The van der Waals surface area contributed by atoms with Crippen LogP contribution >= 0.6 is 0 Å². The third-order valence-electron chi connectivity index (χ3n) is 2.80. The molecule has 0 N–H and O–H groups in total. The van der Waals surface area contributed by atoms with Gasteiger partial charge in [-0.1, -0.05) is 0 Å². The molecule has 1 fully saturated rings. The Labute approximate surface area is 107 Å². The van der Waals surface area contributed by atoms with Gasteiger partial charge >= 0.3 is 0 Å². The zero-order valence-corrected chi connectivity index (χ0v) is 10.6. The summed E-state index contributed by atoms with van der Waals surface area (Å²) in [7, 11) is 0. The number of ketones is 1. The SMILES string of the molecule is CC(=O)c1ccc(OCCCC2OCCO2)cc1. The van der Waals surface area contributed by atoms with Gasteiger partial charge in [-0.3, -0.25) is 4.79 Å². The average molecular weight is 250 g/mol. The van der Waals surface area contributed by atoms with Crippen LogP contribution in [-0.4, -0.2) is 31.9 Å². The first-order chi connectivity index (χ1) is 8.75. The van der Waals surface area contributed by atoms with Crippen LogP contribution in [0.15, 0.2) is 24.3 Å². The van der Waals surface area contributed by atoms with E-state index in [1.54, 1.807) is 19.1 Å². The highest BCUT2D eigenvalue weighted by molar-refractivity contribution is 5.94. The fourth-order valence-corrected chi connectivity index (χ4v) is 1.80. The van der Waals surface area contributed by atoms with Gasteiger partial charge in [0.05, 0.1) is 19.8 Å². The topological polar surface area (TPSA) is 44.8 Å². The van der Waals surface area contributed by atoms with E-state index in [0.29, 0.717) is 25.4 Å². The van der Waals surface area contributed by atoms with Crippen molar-refractivity contribution in [3.8, 4) is 5.75 Å². The lowest BCUT2D eigenvalue weighted by molar-refractivity contribution is -0.0492. The molecule has 1 aliphatic heterocycles. The molecule has 0 spiro atoms. The van der Waals surface area contributed by atoms with Crippen molar-refractivity contribution in [1.82, 2.24) is 0 Å².